The minimum atomic E-state index is -0.0759. The van der Waals surface area contributed by atoms with E-state index in [2.05, 4.69) is 47.2 Å². The van der Waals surface area contributed by atoms with Crippen LogP contribution in [0.5, 0.6) is 0 Å². The number of hydrogen-bond acceptors (Lipinski definition) is 3. The highest BCUT2D eigenvalue weighted by atomic mass is 16.3. The molecule has 2 N–H and O–H groups in total. The van der Waals surface area contributed by atoms with Crippen molar-refractivity contribution in [2.75, 3.05) is 19.6 Å². The Morgan fingerprint density at radius 1 is 1.22 bits per heavy atom. The van der Waals surface area contributed by atoms with Crippen LogP contribution in [-0.4, -0.2) is 35.4 Å². The molecule has 2 aromatic heterocycles. The van der Waals surface area contributed by atoms with E-state index in [1.165, 1.54) is 18.4 Å². The maximum absolute atomic E-state index is 12.7. The van der Waals surface area contributed by atoms with Crippen LogP contribution in [0, 0.1) is 0 Å². The number of aromatic nitrogens is 1. The van der Waals surface area contributed by atoms with Crippen LogP contribution < -0.4 is 5.32 Å². The third-order valence-electron chi connectivity index (χ3n) is 5.47. The first-order valence-electron chi connectivity index (χ1n) is 9.80. The highest BCUT2D eigenvalue weighted by Crippen LogP contribution is 2.25. The number of likely N-dealkylation sites (tertiary alicyclic amines) is 1. The van der Waals surface area contributed by atoms with Gasteiger partial charge in [0.1, 0.15) is 11.5 Å². The zero-order valence-electron chi connectivity index (χ0n) is 16.0. The van der Waals surface area contributed by atoms with Gasteiger partial charge in [-0.3, -0.25) is 9.69 Å². The predicted octanol–water partition coefficient (Wildman–Crippen LogP) is 4.45. The molecule has 1 fully saturated rings. The monoisotopic (exact) mass is 365 g/mol. The quantitative estimate of drug-likeness (QED) is 0.678. The van der Waals surface area contributed by atoms with Crippen molar-refractivity contribution in [1.29, 1.82) is 0 Å². The van der Waals surface area contributed by atoms with E-state index in [4.69, 9.17) is 4.42 Å². The molecule has 0 spiro atoms. The maximum Gasteiger partial charge on any atom is 0.267 e. The number of benzene rings is 1. The summed E-state index contributed by atoms with van der Waals surface area (Å²) in [4.78, 5) is 18.4. The molecule has 142 valence electrons. The molecule has 1 atom stereocenters. The van der Waals surface area contributed by atoms with Crippen molar-refractivity contribution in [3.63, 3.8) is 0 Å². The Labute approximate surface area is 159 Å². The van der Waals surface area contributed by atoms with E-state index in [1.807, 2.05) is 18.2 Å². The van der Waals surface area contributed by atoms with E-state index in [1.54, 1.807) is 6.26 Å². The minimum absolute atomic E-state index is 0.0759. The first-order valence-corrected chi connectivity index (χ1v) is 9.80. The fourth-order valence-electron chi connectivity index (χ4n) is 3.85. The second-order valence-corrected chi connectivity index (χ2v) is 7.67. The molecule has 1 aromatic carbocycles. The highest BCUT2D eigenvalue weighted by molar-refractivity contribution is 5.98. The van der Waals surface area contributed by atoms with Gasteiger partial charge in [0.05, 0.1) is 12.3 Å². The summed E-state index contributed by atoms with van der Waals surface area (Å²) < 4.78 is 5.63. The van der Waals surface area contributed by atoms with Crippen molar-refractivity contribution in [3.05, 3.63) is 59.7 Å². The van der Waals surface area contributed by atoms with E-state index in [-0.39, 0.29) is 11.9 Å². The summed E-state index contributed by atoms with van der Waals surface area (Å²) in [5.41, 5.74) is 2.88. The zero-order chi connectivity index (χ0) is 18.8. The lowest BCUT2D eigenvalue weighted by molar-refractivity contribution is 0.0929. The van der Waals surface area contributed by atoms with E-state index in [9.17, 15) is 4.79 Å². The molecule has 3 aromatic rings. The van der Waals surface area contributed by atoms with E-state index < -0.39 is 0 Å². The van der Waals surface area contributed by atoms with Gasteiger partial charge in [-0.15, -0.1) is 0 Å². The Hall–Kier alpha value is -2.53. The van der Waals surface area contributed by atoms with Gasteiger partial charge in [-0.05, 0) is 61.7 Å². The third kappa shape index (κ3) is 3.78. The van der Waals surface area contributed by atoms with Crippen LogP contribution in [0.2, 0.25) is 0 Å². The molecular formula is C22H27N3O2. The standard InChI is InChI=1S/C22H27N3O2/c1-15(2)16-7-8-17-13-19(24-18(17)12-16)22(26)23-14-20(21-6-5-11-27-21)25-9-3-4-10-25/h5-8,11-13,15,20,24H,3-4,9-10,14H2,1-2H3,(H,23,26). The fraction of sp³-hybridized carbons (Fsp3) is 0.409. The topological polar surface area (TPSA) is 61.3 Å². The molecule has 0 aliphatic carbocycles. The summed E-state index contributed by atoms with van der Waals surface area (Å²) in [6.07, 6.45) is 4.10. The number of rotatable bonds is 6. The Balaban J connectivity index is 1.48. The Morgan fingerprint density at radius 3 is 2.74 bits per heavy atom. The molecule has 1 unspecified atom stereocenters. The van der Waals surface area contributed by atoms with Crippen molar-refractivity contribution in [2.24, 2.45) is 0 Å². The van der Waals surface area contributed by atoms with Crippen LogP contribution in [0.4, 0.5) is 0 Å². The lowest BCUT2D eigenvalue weighted by Crippen LogP contribution is -2.36. The first-order chi connectivity index (χ1) is 13.1. The SMILES string of the molecule is CC(C)c1ccc2cc(C(=O)NCC(c3ccco3)N3CCCC3)[nH]c2c1. The lowest BCUT2D eigenvalue weighted by atomic mass is 10.0. The molecule has 1 aliphatic rings. The van der Waals surface area contributed by atoms with Gasteiger partial charge >= 0.3 is 0 Å². The number of amides is 1. The van der Waals surface area contributed by atoms with Gasteiger partial charge in [0, 0.05) is 17.4 Å². The Morgan fingerprint density at radius 2 is 2.04 bits per heavy atom. The molecule has 0 bridgehead atoms. The van der Waals surface area contributed by atoms with Crippen molar-refractivity contribution in [2.45, 2.75) is 38.6 Å². The average Bonchev–Trinajstić information content (AvgIpc) is 3.42. The van der Waals surface area contributed by atoms with Crippen LogP contribution in [0.3, 0.4) is 0 Å². The van der Waals surface area contributed by atoms with Gasteiger partial charge in [-0.1, -0.05) is 26.0 Å². The lowest BCUT2D eigenvalue weighted by Gasteiger charge is -2.25. The van der Waals surface area contributed by atoms with Crippen LogP contribution in [-0.2, 0) is 0 Å². The summed E-state index contributed by atoms with van der Waals surface area (Å²) in [7, 11) is 0. The van der Waals surface area contributed by atoms with Crippen molar-refractivity contribution < 1.29 is 9.21 Å². The summed E-state index contributed by atoms with van der Waals surface area (Å²) >= 11 is 0. The molecule has 27 heavy (non-hydrogen) atoms. The molecule has 5 nitrogen and oxygen atoms in total. The van der Waals surface area contributed by atoms with Crippen molar-refractivity contribution in [1.82, 2.24) is 15.2 Å². The number of nitrogens with one attached hydrogen (secondary N) is 2. The number of aromatic amines is 1. The van der Waals surface area contributed by atoms with Gasteiger partial charge in [0.15, 0.2) is 0 Å². The van der Waals surface area contributed by atoms with Gasteiger partial charge in [0.2, 0.25) is 0 Å². The number of furan rings is 1. The number of carbonyl (C=O) groups is 1. The van der Waals surface area contributed by atoms with Crippen LogP contribution in [0.1, 0.15) is 60.5 Å². The van der Waals surface area contributed by atoms with E-state index in [0.29, 0.717) is 18.2 Å². The molecule has 1 aliphatic heterocycles. The van der Waals surface area contributed by atoms with E-state index >= 15 is 0 Å². The van der Waals surface area contributed by atoms with Crippen molar-refractivity contribution >= 4 is 16.8 Å². The van der Waals surface area contributed by atoms with Crippen LogP contribution >= 0.6 is 0 Å². The summed E-state index contributed by atoms with van der Waals surface area (Å²) in [6.45, 7) is 6.98. The van der Waals surface area contributed by atoms with Gasteiger partial charge in [-0.2, -0.15) is 0 Å². The molecule has 1 amide bonds. The highest BCUT2D eigenvalue weighted by Gasteiger charge is 2.26. The Bertz CT molecular complexity index is 905. The van der Waals surface area contributed by atoms with Gasteiger partial charge in [0.25, 0.3) is 5.91 Å². The smallest absolute Gasteiger partial charge is 0.267 e. The first kappa shape index (κ1) is 17.9. The van der Waals surface area contributed by atoms with Gasteiger partial charge in [-0.25, -0.2) is 0 Å². The predicted molar refractivity (Wildman–Crippen MR) is 107 cm³/mol. The molecule has 5 heteroatoms. The summed E-state index contributed by atoms with van der Waals surface area (Å²) in [6, 6.07) is 12.2. The largest absolute Gasteiger partial charge is 0.468 e. The molecule has 0 saturated carbocycles. The summed E-state index contributed by atoms with van der Waals surface area (Å²) in [5, 5.41) is 4.15. The fourth-order valence-corrected chi connectivity index (χ4v) is 3.85. The normalized spacial score (nSPS) is 16.3. The second kappa shape index (κ2) is 7.61. The Kier molecular flexibility index (Phi) is 5.03. The molecule has 0 radical (unpaired) electrons. The number of carbonyl (C=O) groups excluding carboxylic acids is 1. The van der Waals surface area contributed by atoms with Crippen LogP contribution in [0.15, 0.2) is 47.1 Å². The number of H-pyrrole nitrogens is 1. The number of fused-ring (bicyclic) bond motifs is 1. The summed E-state index contributed by atoms with van der Waals surface area (Å²) in [5.74, 6) is 1.30. The van der Waals surface area contributed by atoms with E-state index in [0.717, 1.165) is 29.8 Å². The molecule has 1 saturated heterocycles. The average molecular weight is 365 g/mol. The molecule has 4 rings (SSSR count). The number of nitrogens with zero attached hydrogens (tertiary/aromatic N) is 1. The third-order valence-corrected chi connectivity index (χ3v) is 5.47. The molecule has 3 heterocycles. The van der Waals surface area contributed by atoms with Crippen LogP contribution in [0.25, 0.3) is 10.9 Å². The molecular weight excluding hydrogens is 338 g/mol. The zero-order valence-corrected chi connectivity index (χ0v) is 16.0. The minimum Gasteiger partial charge on any atom is -0.468 e. The van der Waals surface area contributed by atoms with Crippen molar-refractivity contribution in [3.8, 4) is 0 Å². The maximum atomic E-state index is 12.7. The van der Waals surface area contributed by atoms with Gasteiger partial charge < -0.3 is 14.7 Å². The second-order valence-electron chi connectivity index (χ2n) is 7.67. The number of hydrogen-bond donors (Lipinski definition) is 2.